The fraction of sp³-hybridized carbons (Fsp3) is 0.353. The SMILES string of the molecule is C[C@H](OC(=O)C1CCC1)C(=O)Nc1cccc2ncccc12. The monoisotopic (exact) mass is 298 g/mol. The van der Waals surface area contributed by atoms with Gasteiger partial charge in [0.1, 0.15) is 0 Å². The number of hydrogen-bond donors (Lipinski definition) is 1. The molecule has 1 aromatic carbocycles. The van der Waals surface area contributed by atoms with E-state index >= 15 is 0 Å². The molecule has 1 atom stereocenters. The molecule has 1 aliphatic rings. The Kier molecular flexibility index (Phi) is 4.04. The van der Waals surface area contributed by atoms with E-state index in [0.29, 0.717) is 5.69 Å². The van der Waals surface area contributed by atoms with Gasteiger partial charge in [-0.25, -0.2) is 0 Å². The van der Waals surface area contributed by atoms with Crippen molar-refractivity contribution < 1.29 is 14.3 Å². The van der Waals surface area contributed by atoms with E-state index in [1.807, 2.05) is 30.3 Å². The Balaban J connectivity index is 1.68. The Morgan fingerprint density at radius 1 is 1.27 bits per heavy atom. The topological polar surface area (TPSA) is 68.3 Å². The highest BCUT2D eigenvalue weighted by molar-refractivity contribution is 6.02. The second-order valence-corrected chi connectivity index (χ2v) is 5.57. The second kappa shape index (κ2) is 6.13. The third-order valence-corrected chi connectivity index (χ3v) is 4.00. The molecule has 1 heterocycles. The third-order valence-electron chi connectivity index (χ3n) is 4.00. The summed E-state index contributed by atoms with van der Waals surface area (Å²) in [4.78, 5) is 28.3. The normalized spacial score (nSPS) is 15.9. The quantitative estimate of drug-likeness (QED) is 0.881. The minimum atomic E-state index is -0.806. The predicted molar refractivity (Wildman–Crippen MR) is 83.3 cm³/mol. The first-order valence-electron chi connectivity index (χ1n) is 7.50. The molecule has 2 aromatic rings. The van der Waals surface area contributed by atoms with Crippen LogP contribution < -0.4 is 5.32 Å². The number of esters is 1. The number of carbonyl (C=O) groups excluding carboxylic acids is 2. The van der Waals surface area contributed by atoms with E-state index in [1.165, 1.54) is 0 Å². The summed E-state index contributed by atoms with van der Waals surface area (Å²) < 4.78 is 5.23. The predicted octanol–water partition coefficient (Wildman–Crippen LogP) is 2.91. The molecule has 0 bridgehead atoms. The molecule has 22 heavy (non-hydrogen) atoms. The van der Waals surface area contributed by atoms with E-state index in [2.05, 4.69) is 10.3 Å². The zero-order valence-corrected chi connectivity index (χ0v) is 12.4. The van der Waals surface area contributed by atoms with Crippen molar-refractivity contribution in [2.45, 2.75) is 32.3 Å². The van der Waals surface area contributed by atoms with Gasteiger partial charge < -0.3 is 10.1 Å². The molecule has 0 spiro atoms. The maximum Gasteiger partial charge on any atom is 0.309 e. The van der Waals surface area contributed by atoms with Crippen LogP contribution in [0, 0.1) is 5.92 Å². The Morgan fingerprint density at radius 2 is 2.09 bits per heavy atom. The molecule has 0 radical (unpaired) electrons. The highest BCUT2D eigenvalue weighted by Gasteiger charge is 2.29. The number of amides is 1. The molecule has 1 aromatic heterocycles. The Hall–Kier alpha value is -2.43. The van der Waals surface area contributed by atoms with Crippen LogP contribution in [-0.2, 0) is 14.3 Å². The first-order chi connectivity index (χ1) is 10.6. The lowest BCUT2D eigenvalue weighted by molar-refractivity contribution is -0.159. The Morgan fingerprint density at radius 3 is 2.82 bits per heavy atom. The molecular weight excluding hydrogens is 280 g/mol. The Bertz CT molecular complexity index is 705. The van der Waals surface area contributed by atoms with Crippen LogP contribution in [0.1, 0.15) is 26.2 Å². The molecule has 1 aliphatic carbocycles. The van der Waals surface area contributed by atoms with Crippen molar-refractivity contribution in [3.63, 3.8) is 0 Å². The molecule has 5 heteroatoms. The fourth-order valence-electron chi connectivity index (χ4n) is 2.41. The molecule has 3 rings (SSSR count). The van der Waals surface area contributed by atoms with Crippen LogP contribution in [0.15, 0.2) is 36.5 Å². The van der Waals surface area contributed by atoms with Gasteiger partial charge in [0, 0.05) is 11.6 Å². The number of aromatic nitrogens is 1. The van der Waals surface area contributed by atoms with Crippen LogP contribution in [-0.4, -0.2) is 23.0 Å². The molecule has 0 unspecified atom stereocenters. The lowest BCUT2D eigenvalue weighted by Gasteiger charge is -2.24. The molecule has 1 amide bonds. The van der Waals surface area contributed by atoms with Gasteiger partial charge in [0.05, 0.1) is 17.1 Å². The molecule has 0 saturated heterocycles. The summed E-state index contributed by atoms with van der Waals surface area (Å²) in [5.41, 5.74) is 1.47. The van der Waals surface area contributed by atoms with Gasteiger partial charge in [0.25, 0.3) is 5.91 Å². The van der Waals surface area contributed by atoms with Crippen molar-refractivity contribution in [1.29, 1.82) is 0 Å². The first kappa shape index (κ1) is 14.5. The number of hydrogen-bond acceptors (Lipinski definition) is 4. The largest absolute Gasteiger partial charge is 0.452 e. The van der Waals surface area contributed by atoms with E-state index < -0.39 is 6.10 Å². The molecule has 1 saturated carbocycles. The number of nitrogens with zero attached hydrogens (tertiary/aromatic N) is 1. The minimum Gasteiger partial charge on any atom is -0.452 e. The third kappa shape index (κ3) is 2.93. The maximum absolute atomic E-state index is 12.2. The van der Waals surface area contributed by atoms with Gasteiger partial charge in [-0.1, -0.05) is 12.5 Å². The van der Waals surface area contributed by atoms with Gasteiger partial charge in [-0.3, -0.25) is 14.6 Å². The molecule has 1 N–H and O–H groups in total. The van der Waals surface area contributed by atoms with Crippen molar-refractivity contribution in [3.8, 4) is 0 Å². The second-order valence-electron chi connectivity index (χ2n) is 5.57. The van der Waals surface area contributed by atoms with Crippen molar-refractivity contribution in [1.82, 2.24) is 4.98 Å². The summed E-state index contributed by atoms with van der Waals surface area (Å²) in [5, 5.41) is 3.67. The highest BCUT2D eigenvalue weighted by atomic mass is 16.5. The van der Waals surface area contributed by atoms with Crippen molar-refractivity contribution in [2.75, 3.05) is 5.32 Å². The average Bonchev–Trinajstić information content (AvgIpc) is 2.45. The van der Waals surface area contributed by atoms with Gasteiger partial charge in [0.2, 0.25) is 0 Å². The zero-order chi connectivity index (χ0) is 15.5. The Labute approximate surface area is 128 Å². The number of carbonyl (C=O) groups is 2. The molecular formula is C17H18N2O3. The minimum absolute atomic E-state index is 0.0306. The van der Waals surface area contributed by atoms with E-state index in [1.54, 1.807) is 13.1 Å². The van der Waals surface area contributed by atoms with Crippen molar-refractivity contribution in [3.05, 3.63) is 36.5 Å². The smallest absolute Gasteiger partial charge is 0.309 e. The average molecular weight is 298 g/mol. The van der Waals surface area contributed by atoms with Gasteiger partial charge in [-0.05, 0) is 44.0 Å². The number of rotatable bonds is 4. The molecule has 0 aliphatic heterocycles. The summed E-state index contributed by atoms with van der Waals surface area (Å²) in [5.74, 6) is -0.630. The molecule has 114 valence electrons. The number of ether oxygens (including phenoxy) is 1. The van der Waals surface area contributed by atoms with Gasteiger partial charge >= 0.3 is 5.97 Å². The number of anilines is 1. The van der Waals surface area contributed by atoms with E-state index in [9.17, 15) is 9.59 Å². The van der Waals surface area contributed by atoms with Crippen LogP contribution in [0.5, 0.6) is 0 Å². The van der Waals surface area contributed by atoms with Gasteiger partial charge in [-0.15, -0.1) is 0 Å². The lowest BCUT2D eigenvalue weighted by Crippen LogP contribution is -2.34. The van der Waals surface area contributed by atoms with Crippen LogP contribution in [0.25, 0.3) is 10.9 Å². The first-order valence-corrected chi connectivity index (χ1v) is 7.50. The number of pyridine rings is 1. The van der Waals surface area contributed by atoms with Crippen molar-refractivity contribution >= 4 is 28.5 Å². The fourth-order valence-corrected chi connectivity index (χ4v) is 2.41. The summed E-state index contributed by atoms with van der Waals surface area (Å²) in [6.07, 6.45) is 3.69. The number of fused-ring (bicyclic) bond motifs is 1. The van der Waals surface area contributed by atoms with Crippen LogP contribution in [0.4, 0.5) is 5.69 Å². The zero-order valence-electron chi connectivity index (χ0n) is 12.4. The summed E-state index contributed by atoms with van der Waals surface area (Å²) >= 11 is 0. The number of nitrogens with one attached hydrogen (secondary N) is 1. The van der Waals surface area contributed by atoms with Crippen LogP contribution in [0.2, 0.25) is 0 Å². The number of benzene rings is 1. The van der Waals surface area contributed by atoms with Crippen LogP contribution in [0.3, 0.4) is 0 Å². The van der Waals surface area contributed by atoms with E-state index in [4.69, 9.17) is 4.74 Å². The molecule has 1 fully saturated rings. The summed E-state index contributed by atoms with van der Waals surface area (Å²) in [7, 11) is 0. The summed E-state index contributed by atoms with van der Waals surface area (Å²) in [6, 6.07) is 9.23. The maximum atomic E-state index is 12.2. The van der Waals surface area contributed by atoms with Crippen LogP contribution >= 0.6 is 0 Å². The van der Waals surface area contributed by atoms with E-state index in [-0.39, 0.29) is 17.8 Å². The highest BCUT2D eigenvalue weighted by Crippen LogP contribution is 2.28. The van der Waals surface area contributed by atoms with Gasteiger partial charge in [-0.2, -0.15) is 0 Å². The van der Waals surface area contributed by atoms with E-state index in [0.717, 1.165) is 30.2 Å². The lowest BCUT2D eigenvalue weighted by atomic mass is 9.86. The summed E-state index contributed by atoms with van der Waals surface area (Å²) in [6.45, 7) is 1.59. The molecule has 5 nitrogen and oxygen atoms in total. The standard InChI is InChI=1S/C17H18N2O3/c1-11(22-17(21)12-5-2-6-12)16(20)19-15-9-3-8-14-13(15)7-4-10-18-14/h3-4,7-12H,2,5-6H2,1H3,(H,19,20)/t11-/m0/s1. The van der Waals surface area contributed by atoms with Crippen molar-refractivity contribution in [2.24, 2.45) is 5.92 Å². The van der Waals surface area contributed by atoms with Gasteiger partial charge in [0.15, 0.2) is 6.10 Å².